The minimum absolute atomic E-state index is 0.213. The summed E-state index contributed by atoms with van der Waals surface area (Å²) >= 11 is 12.8. The van der Waals surface area contributed by atoms with E-state index in [2.05, 4.69) is 0 Å². The van der Waals surface area contributed by atoms with Crippen molar-refractivity contribution in [2.24, 2.45) is 0 Å². The van der Waals surface area contributed by atoms with Crippen molar-refractivity contribution >= 4 is 63.5 Å². The third-order valence-electron chi connectivity index (χ3n) is 4.87. The van der Waals surface area contributed by atoms with E-state index in [1.165, 1.54) is 23.8 Å². The number of esters is 1. The van der Waals surface area contributed by atoms with E-state index in [1.807, 2.05) is 48.5 Å². The molecule has 0 atom stereocenters. The Kier molecular flexibility index (Phi) is 7.13. The van der Waals surface area contributed by atoms with Gasteiger partial charge in [0.1, 0.15) is 12.4 Å². The summed E-state index contributed by atoms with van der Waals surface area (Å²) in [7, 11) is 1.32. The topological polar surface area (TPSA) is 55.8 Å². The number of benzene rings is 3. The molecule has 0 aliphatic carbocycles. The van der Waals surface area contributed by atoms with Gasteiger partial charge in [-0.1, -0.05) is 65.9 Å². The van der Waals surface area contributed by atoms with E-state index < -0.39 is 5.97 Å². The van der Waals surface area contributed by atoms with Crippen molar-refractivity contribution in [1.82, 2.24) is 0 Å². The molecule has 4 rings (SSSR count). The van der Waals surface area contributed by atoms with Gasteiger partial charge in [0.25, 0.3) is 5.91 Å². The van der Waals surface area contributed by atoms with Crippen molar-refractivity contribution in [3.8, 4) is 5.75 Å². The molecular formula is C25H18ClNO4S2. The van der Waals surface area contributed by atoms with Crippen LogP contribution in [-0.2, 0) is 16.1 Å². The van der Waals surface area contributed by atoms with E-state index >= 15 is 0 Å². The summed E-state index contributed by atoms with van der Waals surface area (Å²) < 4.78 is 10.9. The van der Waals surface area contributed by atoms with E-state index in [0.717, 1.165) is 11.1 Å². The second-order valence-electron chi connectivity index (χ2n) is 7.00. The second kappa shape index (κ2) is 10.2. The van der Waals surface area contributed by atoms with Gasteiger partial charge >= 0.3 is 5.97 Å². The molecule has 1 aliphatic rings. The quantitative estimate of drug-likeness (QED) is 0.233. The zero-order chi connectivity index (χ0) is 23.4. The molecule has 0 bridgehead atoms. The van der Waals surface area contributed by atoms with Crippen molar-refractivity contribution in [2.45, 2.75) is 6.61 Å². The molecule has 166 valence electrons. The Balaban J connectivity index is 1.45. The van der Waals surface area contributed by atoms with Gasteiger partial charge in [0.15, 0.2) is 4.32 Å². The average Bonchev–Trinajstić information content (AvgIpc) is 3.11. The number of ether oxygens (including phenoxy) is 2. The van der Waals surface area contributed by atoms with E-state index in [0.29, 0.717) is 37.9 Å². The summed E-state index contributed by atoms with van der Waals surface area (Å²) in [6, 6.07) is 21.5. The number of amides is 1. The van der Waals surface area contributed by atoms with Crippen molar-refractivity contribution in [2.75, 3.05) is 12.0 Å². The number of methoxy groups -OCH3 is 1. The van der Waals surface area contributed by atoms with Crippen LogP contribution < -0.4 is 9.64 Å². The molecular weight excluding hydrogens is 478 g/mol. The van der Waals surface area contributed by atoms with Crippen LogP contribution in [0.5, 0.6) is 5.75 Å². The molecule has 5 nitrogen and oxygen atoms in total. The number of carbonyl (C=O) groups excluding carboxylic acids is 2. The molecule has 1 amide bonds. The number of thiocarbonyl (C=S) groups is 1. The average molecular weight is 496 g/mol. The highest BCUT2D eigenvalue weighted by molar-refractivity contribution is 8.27. The Morgan fingerprint density at radius 3 is 2.42 bits per heavy atom. The fraction of sp³-hybridized carbons (Fsp3) is 0.0800. The lowest BCUT2D eigenvalue weighted by atomic mass is 10.2. The number of rotatable bonds is 6. The van der Waals surface area contributed by atoms with E-state index in [-0.39, 0.29) is 5.91 Å². The molecule has 33 heavy (non-hydrogen) atoms. The van der Waals surface area contributed by atoms with Crippen molar-refractivity contribution in [1.29, 1.82) is 0 Å². The number of hydrogen-bond donors (Lipinski definition) is 0. The Labute approximate surface area is 205 Å². The number of halogens is 1. The van der Waals surface area contributed by atoms with Gasteiger partial charge in [-0.2, -0.15) is 0 Å². The molecule has 0 aromatic heterocycles. The monoisotopic (exact) mass is 495 g/mol. The predicted molar refractivity (Wildman–Crippen MR) is 136 cm³/mol. The van der Waals surface area contributed by atoms with Crippen LogP contribution in [0.2, 0.25) is 5.02 Å². The minimum atomic E-state index is -0.439. The summed E-state index contributed by atoms with van der Waals surface area (Å²) in [5.41, 5.74) is 2.75. The van der Waals surface area contributed by atoms with E-state index in [1.54, 1.807) is 30.3 Å². The first-order valence-corrected chi connectivity index (χ1v) is 11.5. The van der Waals surface area contributed by atoms with Gasteiger partial charge in [-0.3, -0.25) is 9.69 Å². The molecule has 3 aromatic carbocycles. The van der Waals surface area contributed by atoms with Gasteiger partial charge in [0, 0.05) is 10.6 Å². The van der Waals surface area contributed by atoms with E-state index in [9.17, 15) is 9.59 Å². The standard InChI is InChI=1S/C25H18ClNO4S2/c1-30-24(29)17-8-10-19(11-9-17)27-23(28)22(33-25(27)32)14-16-6-12-20(13-7-16)31-15-18-4-2-3-5-21(18)26/h2-14H,15H2,1H3. The van der Waals surface area contributed by atoms with Gasteiger partial charge in [0.05, 0.1) is 23.3 Å². The Morgan fingerprint density at radius 2 is 1.76 bits per heavy atom. The summed E-state index contributed by atoms with van der Waals surface area (Å²) in [5.74, 6) is 0.0475. The van der Waals surface area contributed by atoms with Gasteiger partial charge in [0.2, 0.25) is 0 Å². The molecule has 0 saturated carbocycles. The van der Waals surface area contributed by atoms with E-state index in [4.69, 9.17) is 33.3 Å². The van der Waals surface area contributed by atoms with Crippen LogP contribution in [0.1, 0.15) is 21.5 Å². The van der Waals surface area contributed by atoms with Crippen LogP contribution in [-0.4, -0.2) is 23.3 Å². The minimum Gasteiger partial charge on any atom is -0.489 e. The number of hydrogen-bond acceptors (Lipinski definition) is 6. The maximum Gasteiger partial charge on any atom is 0.337 e. The van der Waals surface area contributed by atoms with Crippen LogP contribution >= 0.6 is 35.6 Å². The molecule has 1 fully saturated rings. The summed E-state index contributed by atoms with van der Waals surface area (Å²) in [4.78, 5) is 26.6. The molecule has 8 heteroatoms. The third kappa shape index (κ3) is 5.27. The number of anilines is 1. The maximum atomic E-state index is 13.0. The highest BCUT2D eigenvalue weighted by atomic mass is 35.5. The molecule has 3 aromatic rings. The normalized spacial score (nSPS) is 14.6. The summed E-state index contributed by atoms with van der Waals surface area (Å²) in [5, 5.41) is 0.663. The molecule has 1 aliphatic heterocycles. The van der Waals surface area contributed by atoms with Crippen LogP contribution in [0.25, 0.3) is 6.08 Å². The molecule has 0 unspecified atom stereocenters. The first kappa shape index (κ1) is 23.0. The van der Waals surface area contributed by atoms with Gasteiger partial charge < -0.3 is 9.47 Å². The zero-order valence-electron chi connectivity index (χ0n) is 17.5. The largest absolute Gasteiger partial charge is 0.489 e. The zero-order valence-corrected chi connectivity index (χ0v) is 19.9. The van der Waals surface area contributed by atoms with Crippen LogP contribution in [0.15, 0.2) is 77.7 Å². The van der Waals surface area contributed by atoms with Crippen molar-refractivity contribution in [3.05, 3.63) is 99.4 Å². The molecule has 0 radical (unpaired) electrons. The second-order valence-corrected chi connectivity index (χ2v) is 9.09. The lowest BCUT2D eigenvalue weighted by molar-refractivity contribution is -0.113. The first-order valence-electron chi connectivity index (χ1n) is 9.89. The van der Waals surface area contributed by atoms with Crippen molar-refractivity contribution < 1.29 is 19.1 Å². The third-order valence-corrected chi connectivity index (χ3v) is 6.54. The molecule has 0 N–H and O–H groups in total. The van der Waals surface area contributed by atoms with Gasteiger partial charge in [-0.05, 0) is 54.1 Å². The van der Waals surface area contributed by atoms with Crippen LogP contribution in [0.3, 0.4) is 0 Å². The Morgan fingerprint density at radius 1 is 1.06 bits per heavy atom. The SMILES string of the molecule is COC(=O)c1ccc(N2C(=O)C(=Cc3ccc(OCc4ccccc4Cl)cc3)SC2=S)cc1. The number of carbonyl (C=O) groups is 2. The Bertz CT molecular complexity index is 1240. The van der Waals surface area contributed by atoms with Crippen molar-refractivity contribution in [3.63, 3.8) is 0 Å². The predicted octanol–water partition coefficient (Wildman–Crippen LogP) is 6.11. The summed E-state index contributed by atoms with van der Waals surface area (Å²) in [6.07, 6.45) is 1.79. The van der Waals surface area contributed by atoms with Crippen LogP contribution in [0.4, 0.5) is 5.69 Å². The van der Waals surface area contributed by atoms with Gasteiger partial charge in [-0.15, -0.1) is 0 Å². The number of thioether (sulfide) groups is 1. The van der Waals surface area contributed by atoms with Crippen LogP contribution in [0, 0.1) is 0 Å². The Hall–Kier alpha value is -3.13. The first-order chi connectivity index (χ1) is 16.0. The fourth-order valence-electron chi connectivity index (χ4n) is 3.14. The van der Waals surface area contributed by atoms with Gasteiger partial charge in [-0.25, -0.2) is 4.79 Å². The number of nitrogens with zero attached hydrogens (tertiary/aromatic N) is 1. The molecule has 0 spiro atoms. The molecule has 1 saturated heterocycles. The summed E-state index contributed by atoms with van der Waals surface area (Å²) in [6.45, 7) is 0.368. The lowest BCUT2D eigenvalue weighted by Crippen LogP contribution is -2.27. The fourth-order valence-corrected chi connectivity index (χ4v) is 4.63. The lowest BCUT2D eigenvalue weighted by Gasteiger charge is -2.14. The highest BCUT2D eigenvalue weighted by Crippen LogP contribution is 2.36. The smallest absolute Gasteiger partial charge is 0.337 e. The maximum absolute atomic E-state index is 13.0. The molecule has 1 heterocycles. The highest BCUT2D eigenvalue weighted by Gasteiger charge is 2.33.